The predicted molar refractivity (Wildman–Crippen MR) is 70.8 cm³/mol. The second-order valence-corrected chi connectivity index (χ2v) is 4.31. The lowest BCUT2D eigenvalue weighted by atomic mass is 10.2. The molecule has 0 amide bonds. The van der Waals surface area contributed by atoms with Gasteiger partial charge < -0.3 is 4.40 Å². The molecule has 0 bridgehead atoms. The molecule has 0 aliphatic rings. The van der Waals surface area contributed by atoms with Crippen LogP contribution in [0.4, 0.5) is 10.1 Å². The SMILES string of the molecule is CN(O)c1ccc2nc(-c3ccc(F)cc3)cn2c1. The van der Waals surface area contributed by atoms with E-state index in [0.717, 1.165) is 22.0 Å². The monoisotopic (exact) mass is 257 g/mol. The standard InChI is InChI=1S/C14H12FN3O/c1-17(19)12-6-7-14-16-13(9-18(14)8-12)10-2-4-11(15)5-3-10/h2-9,19H,1H3. The van der Waals surface area contributed by atoms with E-state index in [4.69, 9.17) is 0 Å². The van der Waals surface area contributed by atoms with Crippen molar-refractivity contribution in [1.82, 2.24) is 9.38 Å². The van der Waals surface area contributed by atoms with E-state index in [2.05, 4.69) is 4.98 Å². The average molecular weight is 257 g/mol. The van der Waals surface area contributed by atoms with Gasteiger partial charge in [-0.2, -0.15) is 0 Å². The fraction of sp³-hybridized carbons (Fsp3) is 0.0714. The lowest BCUT2D eigenvalue weighted by Gasteiger charge is -2.09. The van der Waals surface area contributed by atoms with E-state index in [1.165, 1.54) is 12.1 Å². The molecule has 3 rings (SSSR count). The summed E-state index contributed by atoms with van der Waals surface area (Å²) in [6.45, 7) is 0. The van der Waals surface area contributed by atoms with Crippen LogP contribution in [0.2, 0.25) is 0 Å². The van der Waals surface area contributed by atoms with Crippen molar-refractivity contribution in [3.05, 3.63) is 54.6 Å². The Kier molecular flexibility index (Phi) is 2.68. The van der Waals surface area contributed by atoms with Crippen LogP contribution < -0.4 is 5.06 Å². The first-order valence-corrected chi connectivity index (χ1v) is 5.81. The van der Waals surface area contributed by atoms with Crippen LogP contribution in [0.15, 0.2) is 48.8 Å². The van der Waals surface area contributed by atoms with Crippen molar-refractivity contribution in [3.63, 3.8) is 0 Å². The number of halogens is 1. The Balaban J connectivity index is 2.08. The van der Waals surface area contributed by atoms with Gasteiger partial charge in [-0.1, -0.05) is 0 Å². The zero-order chi connectivity index (χ0) is 13.4. The summed E-state index contributed by atoms with van der Waals surface area (Å²) in [6.07, 6.45) is 3.62. The Morgan fingerprint density at radius 1 is 1.11 bits per heavy atom. The van der Waals surface area contributed by atoms with Crippen LogP contribution in [-0.4, -0.2) is 21.6 Å². The quantitative estimate of drug-likeness (QED) is 0.717. The van der Waals surface area contributed by atoms with Crippen molar-refractivity contribution in [1.29, 1.82) is 0 Å². The molecule has 0 aliphatic carbocycles. The number of pyridine rings is 1. The number of imidazole rings is 1. The molecular formula is C14H12FN3O. The van der Waals surface area contributed by atoms with Gasteiger partial charge in [0, 0.05) is 25.0 Å². The highest BCUT2D eigenvalue weighted by Crippen LogP contribution is 2.21. The number of fused-ring (bicyclic) bond motifs is 1. The number of aromatic nitrogens is 2. The van der Waals surface area contributed by atoms with Crippen molar-refractivity contribution in [3.8, 4) is 11.3 Å². The summed E-state index contributed by atoms with van der Waals surface area (Å²) in [5.74, 6) is -0.267. The third kappa shape index (κ3) is 2.15. The van der Waals surface area contributed by atoms with Gasteiger partial charge in [0.25, 0.3) is 0 Å². The van der Waals surface area contributed by atoms with Crippen LogP contribution in [0.25, 0.3) is 16.9 Å². The molecule has 0 atom stereocenters. The van der Waals surface area contributed by atoms with Crippen LogP contribution in [0.5, 0.6) is 0 Å². The van der Waals surface area contributed by atoms with Gasteiger partial charge in [0.1, 0.15) is 11.5 Å². The van der Waals surface area contributed by atoms with Crippen LogP contribution in [0.1, 0.15) is 0 Å². The normalized spacial score (nSPS) is 10.9. The molecule has 4 nitrogen and oxygen atoms in total. The minimum absolute atomic E-state index is 0.267. The molecule has 5 heteroatoms. The fourth-order valence-electron chi connectivity index (χ4n) is 1.93. The number of anilines is 1. The van der Waals surface area contributed by atoms with Crippen molar-refractivity contribution in [2.75, 3.05) is 12.1 Å². The molecule has 2 heterocycles. The van der Waals surface area contributed by atoms with Crippen molar-refractivity contribution in [2.45, 2.75) is 0 Å². The van der Waals surface area contributed by atoms with E-state index in [9.17, 15) is 9.60 Å². The first-order valence-electron chi connectivity index (χ1n) is 5.81. The van der Waals surface area contributed by atoms with Gasteiger partial charge in [-0.15, -0.1) is 0 Å². The summed E-state index contributed by atoms with van der Waals surface area (Å²) >= 11 is 0. The highest BCUT2D eigenvalue weighted by molar-refractivity contribution is 5.63. The first kappa shape index (κ1) is 11.7. The third-order valence-electron chi connectivity index (χ3n) is 2.95. The van der Waals surface area contributed by atoms with Gasteiger partial charge in [-0.05, 0) is 36.4 Å². The van der Waals surface area contributed by atoms with E-state index in [0.29, 0.717) is 5.69 Å². The van der Waals surface area contributed by atoms with Crippen molar-refractivity contribution < 1.29 is 9.60 Å². The van der Waals surface area contributed by atoms with Crippen molar-refractivity contribution in [2.24, 2.45) is 0 Å². The minimum Gasteiger partial charge on any atom is -0.304 e. The largest absolute Gasteiger partial charge is 0.304 e. The molecular weight excluding hydrogens is 245 g/mol. The smallest absolute Gasteiger partial charge is 0.137 e. The number of benzene rings is 1. The van der Waals surface area contributed by atoms with Crippen LogP contribution in [0, 0.1) is 5.82 Å². The van der Waals surface area contributed by atoms with Crippen molar-refractivity contribution >= 4 is 11.3 Å². The second-order valence-electron chi connectivity index (χ2n) is 4.31. The molecule has 0 spiro atoms. The lowest BCUT2D eigenvalue weighted by molar-refractivity contribution is 0.279. The van der Waals surface area contributed by atoms with Gasteiger partial charge in [-0.25, -0.2) is 9.37 Å². The number of hydroxylamine groups is 1. The maximum absolute atomic E-state index is 12.9. The van der Waals surface area contributed by atoms with Gasteiger partial charge in [0.15, 0.2) is 0 Å². The Hall–Kier alpha value is -2.40. The highest BCUT2D eigenvalue weighted by Gasteiger charge is 2.06. The molecule has 3 aromatic rings. The van der Waals surface area contributed by atoms with E-state index >= 15 is 0 Å². The Morgan fingerprint density at radius 3 is 2.53 bits per heavy atom. The van der Waals surface area contributed by atoms with Gasteiger partial charge in [0.2, 0.25) is 0 Å². The summed E-state index contributed by atoms with van der Waals surface area (Å²) in [5.41, 5.74) is 3.04. The third-order valence-corrected chi connectivity index (χ3v) is 2.95. The number of hydrogen-bond donors (Lipinski definition) is 1. The maximum Gasteiger partial charge on any atom is 0.137 e. The zero-order valence-corrected chi connectivity index (χ0v) is 10.3. The van der Waals surface area contributed by atoms with E-state index in [-0.39, 0.29) is 5.82 Å². The van der Waals surface area contributed by atoms with Gasteiger partial charge in [-0.3, -0.25) is 10.3 Å². The molecule has 96 valence electrons. The topological polar surface area (TPSA) is 40.8 Å². The lowest BCUT2D eigenvalue weighted by Crippen LogP contribution is -2.10. The molecule has 0 saturated carbocycles. The molecule has 0 radical (unpaired) electrons. The summed E-state index contributed by atoms with van der Waals surface area (Å²) in [4.78, 5) is 4.45. The Morgan fingerprint density at radius 2 is 1.84 bits per heavy atom. The summed E-state index contributed by atoms with van der Waals surface area (Å²) in [5, 5.41) is 10.4. The molecule has 19 heavy (non-hydrogen) atoms. The van der Waals surface area contributed by atoms with Crippen LogP contribution >= 0.6 is 0 Å². The summed E-state index contributed by atoms with van der Waals surface area (Å²) in [7, 11) is 1.55. The number of rotatable bonds is 2. The van der Waals surface area contributed by atoms with E-state index < -0.39 is 0 Å². The molecule has 0 aliphatic heterocycles. The average Bonchev–Trinajstić information content (AvgIpc) is 2.82. The predicted octanol–water partition coefficient (Wildman–Crippen LogP) is 2.97. The first-order chi connectivity index (χ1) is 9.13. The van der Waals surface area contributed by atoms with Crippen LogP contribution in [0.3, 0.4) is 0 Å². The summed E-state index contributed by atoms with van der Waals surface area (Å²) in [6, 6.07) is 9.79. The molecule has 0 unspecified atom stereocenters. The van der Waals surface area contributed by atoms with Crippen LogP contribution in [-0.2, 0) is 0 Å². The fourth-order valence-corrected chi connectivity index (χ4v) is 1.93. The van der Waals surface area contributed by atoms with Gasteiger partial charge in [0.05, 0.1) is 11.4 Å². The van der Waals surface area contributed by atoms with Gasteiger partial charge >= 0.3 is 0 Å². The molecule has 2 aromatic heterocycles. The molecule has 0 fully saturated rings. The maximum atomic E-state index is 12.9. The molecule has 1 N–H and O–H groups in total. The summed E-state index contributed by atoms with van der Waals surface area (Å²) < 4.78 is 14.7. The molecule has 0 saturated heterocycles. The minimum atomic E-state index is -0.267. The van der Waals surface area contributed by atoms with E-state index in [1.807, 2.05) is 16.7 Å². The Labute approximate surface area is 109 Å². The number of nitrogens with zero attached hydrogens (tertiary/aromatic N) is 3. The zero-order valence-electron chi connectivity index (χ0n) is 10.3. The number of hydrogen-bond acceptors (Lipinski definition) is 3. The molecule has 1 aromatic carbocycles. The second kappa shape index (κ2) is 4.37. The highest BCUT2D eigenvalue weighted by atomic mass is 19.1. The Bertz CT molecular complexity index is 719. The van der Waals surface area contributed by atoms with E-state index in [1.54, 1.807) is 31.4 Å².